The highest BCUT2D eigenvalue weighted by atomic mass is 16.5. The largest absolute Gasteiger partial charge is 0.496 e. The first-order chi connectivity index (χ1) is 14.1. The third-order valence-electron chi connectivity index (χ3n) is 5.15. The van der Waals surface area contributed by atoms with Crippen LogP contribution in [0, 0.1) is 13.8 Å². The number of amides is 1. The van der Waals surface area contributed by atoms with E-state index in [0.29, 0.717) is 5.70 Å². The lowest BCUT2D eigenvalue weighted by Gasteiger charge is -2.26. The van der Waals surface area contributed by atoms with Gasteiger partial charge in [-0.15, -0.1) is 0 Å². The van der Waals surface area contributed by atoms with Crippen LogP contribution in [-0.2, 0) is 4.79 Å². The van der Waals surface area contributed by atoms with E-state index in [2.05, 4.69) is 5.32 Å². The monoisotopic (exact) mass is 384 g/mol. The van der Waals surface area contributed by atoms with Crippen LogP contribution in [0.1, 0.15) is 22.7 Å². The van der Waals surface area contributed by atoms with Crippen LogP contribution < -0.4 is 15.0 Å². The predicted octanol–water partition coefficient (Wildman–Crippen LogP) is 5.40. The van der Waals surface area contributed by atoms with E-state index in [1.807, 2.05) is 97.6 Å². The summed E-state index contributed by atoms with van der Waals surface area (Å²) in [6.45, 7) is 4.08. The number of nitrogens with one attached hydrogen (secondary N) is 1. The summed E-state index contributed by atoms with van der Waals surface area (Å²) in [4.78, 5) is 15.2. The van der Waals surface area contributed by atoms with Gasteiger partial charge in [0.25, 0.3) is 5.91 Å². The van der Waals surface area contributed by atoms with E-state index < -0.39 is 0 Å². The summed E-state index contributed by atoms with van der Waals surface area (Å²) in [5.41, 5.74) is 5.58. The van der Waals surface area contributed by atoms with Crippen molar-refractivity contribution >= 4 is 17.3 Å². The first-order valence-electron chi connectivity index (χ1n) is 9.65. The number of ether oxygens (including phenoxy) is 1. The van der Waals surface area contributed by atoms with Crippen molar-refractivity contribution in [2.75, 3.05) is 17.3 Å². The smallest absolute Gasteiger partial charge is 0.275 e. The number of carbonyl (C=O) groups excluding carboxylic acids is 1. The maximum absolute atomic E-state index is 13.4. The van der Waals surface area contributed by atoms with Gasteiger partial charge in [-0.05, 0) is 50.3 Å². The zero-order valence-corrected chi connectivity index (χ0v) is 16.8. The van der Waals surface area contributed by atoms with Gasteiger partial charge >= 0.3 is 0 Å². The maximum Gasteiger partial charge on any atom is 0.275 e. The number of anilines is 2. The summed E-state index contributed by atoms with van der Waals surface area (Å²) in [7, 11) is 1.65. The number of para-hydroxylation sites is 1. The van der Waals surface area contributed by atoms with Gasteiger partial charge in [-0.1, -0.05) is 53.6 Å². The second-order valence-corrected chi connectivity index (χ2v) is 7.27. The molecule has 3 aromatic carbocycles. The molecule has 0 aliphatic carbocycles. The summed E-state index contributed by atoms with van der Waals surface area (Å²) >= 11 is 0. The van der Waals surface area contributed by atoms with E-state index >= 15 is 0 Å². The van der Waals surface area contributed by atoms with E-state index in [1.54, 1.807) is 7.11 Å². The molecule has 0 bridgehead atoms. The molecule has 29 heavy (non-hydrogen) atoms. The van der Waals surface area contributed by atoms with Gasteiger partial charge in [0.05, 0.1) is 13.2 Å². The third kappa shape index (κ3) is 3.74. The highest BCUT2D eigenvalue weighted by Gasteiger charge is 2.36. The van der Waals surface area contributed by atoms with E-state index in [9.17, 15) is 4.79 Å². The number of aryl methyl sites for hydroxylation is 2. The summed E-state index contributed by atoms with van der Waals surface area (Å²) in [6, 6.07) is 23.6. The molecule has 0 aromatic heterocycles. The summed E-state index contributed by atoms with van der Waals surface area (Å²) in [5.74, 6) is 0.695. The first kappa shape index (κ1) is 18.8. The first-order valence-corrected chi connectivity index (χ1v) is 9.65. The molecule has 0 unspecified atom stereocenters. The minimum Gasteiger partial charge on any atom is -0.496 e. The van der Waals surface area contributed by atoms with Crippen molar-refractivity contribution in [2.45, 2.75) is 19.9 Å². The zero-order chi connectivity index (χ0) is 20.4. The number of hydrogen-bond acceptors (Lipinski definition) is 3. The number of benzene rings is 3. The molecule has 0 saturated heterocycles. The lowest BCUT2D eigenvalue weighted by Crippen LogP contribution is -2.31. The van der Waals surface area contributed by atoms with Gasteiger partial charge in [-0.25, -0.2) is 0 Å². The molecule has 1 amide bonds. The highest BCUT2D eigenvalue weighted by molar-refractivity contribution is 6.11. The molecule has 0 radical (unpaired) electrons. The van der Waals surface area contributed by atoms with Crippen LogP contribution in [0.4, 0.5) is 11.4 Å². The van der Waals surface area contributed by atoms with Crippen molar-refractivity contribution in [2.24, 2.45) is 0 Å². The average molecular weight is 384 g/mol. The van der Waals surface area contributed by atoms with Crippen molar-refractivity contribution in [3.8, 4) is 5.75 Å². The molecule has 1 N–H and O–H groups in total. The SMILES string of the molecule is COc1ccccc1[C@H]1C=C(Nc2ccc(C)cc2)C(=O)N1c1ccc(C)cc1. The Kier molecular flexibility index (Phi) is 5.09. The van der Waals surface area contributed by atoms with Gasteiger partial charge in [0.15, 0.2) is 0 Å². The lowest BCUT2D eigenvalue weighted by molar-refractivity contribution is -0.114. The van der Waals surface area contributed by atoms with E-state index in [4.69, 9.17) is 4.74 Å². The van der Waals surface area contributed by atoms with Crippen LogP contribution in [0.5, 0.6) is 5.75 Å². The molecule has 1 aliphatic heterocycles. The molecular formula is C25H24N2O2. The summed E-state index contributed by atoms with van der Waals surface area (Å²) in [6.07, 6.45) is 1.97. The van der Waals surface area contributed by atoms with E-state index in [0.717, 1.165) is 28.3 Å². The van der Waals surface area contributed by atoms with Crippen molar-refractivity contribution in [1.82, 2.24) is 0 Å². The summed E-state index contributed by atoms with van der Waals surface area (Å²) in [5, 5.41) is 3.30. The quantitative estimate of drug-likeness (QED) is 0.641. The number of methoxy groups -OCH3 is 1. The molecule has 1 heterocycles. The van der Waals surface area contributed by atoms with Gasteiger partial charge in [0, 0.05) is 16.9 Å². The second-order valence-electron chi connectivity index (χ2n) is 7.27. The molecule has 3 aromatic rings. The average Bonchev–Trinajstić information content (AvgIpc) is 3.06. The van der Waals surface area contributed by atoms with Crippen LogP contribution >= 0.6 is 0 Å². The number of hydrogen-bond donors (Lipinski definition) is 1. The second kappa shape index (κ2) is 7.84. The van der Waals surface area contributed by atoms with Gasteiger partial charge in [0.2, 0.25) is 0 Å². The Labute approximate surface area is 171 Å². The molecule has 0 spiro atoms. The van der Waals surface area contributed by atoms with Gasteiger partial charge in [0.1, 0.15) is 11.4 Å². The number of nitrogens with zero attached hydrogens (tertiary/aromatic N) is 1. The fourth-order valence-electron chi connectivity index (χ4n) is 3.57. The Morgan fingerprint density at radius 3 is 2.14 bits per heavy atom. The van der Waals surface area contributed by atoms with Crippen LogP contribution in [-0.4, -0.2) is 13.0 Å². The Hall–Kier alpha value is -3.53. The highest BCUT2D eigenvalue weighted by Crippen LogP contribution is 2.39. The standard InChI is InChI=1S/C25H24N2O2/c1-17-8-12-19(13-9-17)26-22-16-23(21-6-4-5-7-24(21)29-3)27(25(22)28)20-14-10-18(2)11-15-20/h4-16,23,26H,1-3H3/t23-/m1/s1. The van der Waals surface area contributed by atoms with Crippen LogP contribution in [0.15, 0.2) is 84.6 Å². The summed E-state index contributed by atoms with van der Waals surface area (Å²) < 4.78 is 5.58. The van der Waals surface area contributed by atoms with Crippen LogP contribution in [0.3, 0.4) is 0 Å². The minimum atomic E-state index is -0.255. The third-order valence-corrected chi connectivity index (χ3v) is 5.15. The van der Waals surface area contributed by atoms with Gasteiger partial charge < -0.3 is 10.1 Å². The number of carbonyl (C=O) groups is 1. The van der Waals surface area contributed by atoms with Crippen molar-refractivity contribution in [3.05, 3.63) is 101 Å². The molecule has 1 atom stereocenters. The molecule has 146 valence electrons. The fourth-order valence-corrected chi connectivity index (χ4v) is 3.57. The van der Waals surface area contributed by atoms with Crippen molar-refractivity contribution < 1.29 is 9.53 Å². The zero-order valence-electron chi connectivity index (χ0n) is 16.8. The fraction of sp³-hybridized carbons (Fsp3) is 0.160. The van der Waals surface area contributed by atoms with Crippen molar-refractivity contribution in [3.63, 3.8) is 0 Å². The maximum atomic E-state index is 13.4. The molecule has 0 saturated carbocycles. The van der Waals surface area contributed by atoms with Gasteiger partial charge in [-0.2, -0.15) is 0 Å². The molecule has 4 rings (SSSR count). The normalized spacial score (nSPS) is 16.0. The molecule has 4 nitrogen and oxygen atoms in total. The predicted molar refractivity (Wildman–Crippen MR) is 117 cm³/mol. The Morgan fingerprint density at radius 2 is 1.48 bits per heavy atom. The topological polar surface area (TPSA) is 41.6 Å². The number of rotatable bonds is 5. The molecule has 0 fully saturated rings. The Morgan fingerprint density at radius 1 is 0.862 bits per heavy atom. The van der Waals surface area contributed by atoms with Crippen LogP contribution in [0.2, 0.25) is 0 Å². The van der Waals surface area contributed by atoms with E-state index in [-0.39, 0.29) is 11.9 Å². The van der Waals surface area contributed by atoms with Crippen molar-refractivity contribution in [1.29, 1.82) is 0 Å². The molecule has 4 heteroatoms. The molecular weight excluding hydrogens is 360 g/mol. The minimum absolute atomic E-state index is 0.0645. The molecule has 1 aliphatic rings. The van der Waals surface area contributed by atoms with Gasteiger partial charge in [-0.3, -0.25) is 9.69 Å². The van der Waals surface area contributed by atoms with Crippen LogP contribution in [0.25, 0.3) is 0 Å². The lowest BCUT2D eigenvalue weighted by atomic mass is 10.0. The van der Waals surface area contributed by atoms with E-state index in [1.165, 1.54) is 5.56 Å². The Bertz CT molecular complexity index is 1050. The Balaban J connectivity index is 1.76.